The van der Waals surface area contributed by atoms with Gasteiger partial charge in [0, 0.05) is 35.6 Å². The van der Waals surface area contributed by atoms with Crippen LogP contribution in [0.4, 0.5) is 11.4 Å². The van der Waals surface area contributed by atoms with E-state index in [0.717, 1.165) is 18.8 Å². The van der Waals surface area contributed by atoms with Crippen LogP contribution in [0.1, 0.15) is 73.6 Å². The van der Waals surface area contributed by atoms with Crippen molar-refractivity contribution in [1.82, 2.24) is 5.32 Å². The van der Waals surface area contributed by atoms with Gasteiger partial charge in [0.1, 0.15) is 0 Å². The van der Waals surface area contributed by atoms with Crippen LogP contribution in [0.5, 0.6) is 0 Å². The summed E-state index contributed by atoms with van der Waals surface area (Å²) in [6, 6.07) is 24.2. The molecule has 1 saturated heterocycles. The third-order valence-corrected chi connectivity index (χ3v) is 6.83. The molecule has 0 aliphatic carbocycles. The van der Waals surface area contributed by atoms with Gasteiger partial charge in [-0.15, -0.1) is 0 Å². The maximum absolute atomic E-state index is 13.1. The molecule has 1 atom stereocenters. The first kappa shape index (κ1) is 24.9. The monoisotopic (exact) mass is 485 g/mol. The Kier molecular flexibility index (Phi) is 7.56. The second-order valence-corrected chi connectivity index (χ2v) is 10.8. The quantitative estimate of drug-likeness (QED) is 0.295. The third kappa shape index (κ3) is 6.29. The molecule has 0 spiro atoms. The van der Waals surface area contributed by atoms with E-state index in [1.54, 1.807) is 0 Å². The normalized spacial score (nSPS) is 14.5. The van der Waals surface area contributed by atoms with Crippen LogP contribution in [-0.4, -0.2) is 24.0 Å². The summed E-state index contributed by atoms with van der Waals surface area (Å²) in [5, 5.41) is 7.12. The molecule has 2 N–H and O–H groups in total. The third-order valence-electron chi connectivity index (χ3n) is 6.61. The summed E-state index contributed by atoms with van der Waals surface area (Å²) < 4.78 is 0. The van der Waals surface area contributed by atoms with E-state index in [0.29, 0.717) is 16.2 Å². The van der Waals surface area contributed by atoms with Gasteiger partial charge in [0.25, 0.3) is 0 Å². The molecule has 1 aliphatic rings. The number of carbonyl (C=O) groups is 1. The first-order valence-electron chi connectivity index (χ1n) is 12.4. The van der Waals surface area contributed by atoms with Crippen molar-refractivity contribution in [2.75, 3.05) is 23.3 Å². The number of benzene rings is 3. The molecule has 35 heavy (non-hydrogen) atoms. The minimum absolute atomic E-state index is 0.000512. The number of thiocarbonyl (C=S) groups is 1. The van der Waals surface area contributed by atoms with E-state index in [-0.39, 0.29) is 17.2 Å². The fourth-order valence-corrected chi connectivity index (χ4v) is 4.72. The Hall–Kier alpha value is -3.18. The van der Waals surface area contributed by atoms with Crippen molar-refractivity contribution in [3.05, 3.63) is 95.1 Å². The molecule has 0 saturated carbocycles. The smallest absolute Gasteiger partial charge is 0.193 e. The molecule has 0 radical (unpaired) electrons. The Labute approximate surface area is 214 Å². The SMILES string of the molecule is C[C@@H](NC(=S)Nc1cccc(C(=O)c2ccc(C(C)(C)C)cc2)c1)c1ccc(N2CCCC2)cc1. The van der Waals surface area contributed by atoms with Crippen molar-refractivity contribution in [2.45, 2.75) is 52.0 Å². The summed E-state index contributed by atoms with van der Waals surface area (Å²) in [7, 11) is 0. The molecular weight excluding hydrogens is 450 g/mol. The van der Waals surface area contributed by atoms with E-state index in [1.165, 1.54) is 29.7 Å². The van der Waals surface area contributed by atoms with Gasteiger partial charge in [-0.2, -0.15) is 0 Å². The molecule has 1 heterocycles. The Bertz CT molecular complexity index is 1170. The lowest BCUT2D eigenvalue weighted by Gasteiger charge is -2.20. The average molecular weight is 486 g/mol. The fraction of sp³-hybridized carbons (Fsp3) is 0.333. The average Bonchev–Trinajstić information content (AvgIpc) is 3.38. The largest absolute Gasteiger partial charge is 0.372 e. The van der Waals surface area contributed by atoms with Crippen LogP contribution in [0.25, 0.3) is 0 Å². The lowest BCUT2D eigenvalue weighted by atomic mass is 9.86. The van der Waals surface area contributed by atoms with Gasteiger partial charge in [-0.3, -0.25) is 4.79 Å². The maximum Gasteiger partial charge on any atom is 0.193 e. The molecular formula is C30H35N3OS. The summed E-state index contributed by atoms with van der Waals surface area (Å²) in [6.07, 6.45) is 2.55. The molecule has 1 aliphatic heterocycles. The van der Waals surface area contributed by atoms with Crippen LogP contribution >= 0.6 is 12.2 Å². The predicted octanol–water partition coefficient (Wildman–Crippen LogP) is 6.86. The Morgan fingerprint density at radius 3 is 2.20 bits per heavy atom. The maximum atomic E-state index is 13.1. The molecule has 4 rings (SSSR count). The number of rotatable bonds is 6. The van der Waals surface area contributed by atoms with E-state index in [1.807, 2.05) is 48.5 Å². The molecule has 0 amide bonds. The Morgan fingerprint density at radius 2 is 1.57 bits per heavy atom. The Balaban J connectivity index is 1.37. The zero-order chi connectivity index (χ0) is 25.0. The van der Waals surface area contributed by atoms with Crippen LogP contribution in [0.2, 0.25) is 0 Å². The van der Waals surface area contributed by atoms with Crippen LogP contribution in [0, 0.1) is 0 Å². The van der Waals surface area contributed by atoms with Crippen molar-refractivity contribution in [3.63, 3.8) is 0 Å². The molecule has 3 aromatic rings. The summed E-state index contributed by atoms with van der Waals surface area (Å²) in [4.78, 5) is 15.5. The lowest BCUT2D eigenvalue weighted by Crippen LogP contribution is -2.31. The van der Waals surface area contributed by atoms with Gasteiger partial charge in [-0.25, -0.2) is 0 Å². The minimum Gasteiger partial charge on any atom is -0.372 e. The zero-order valence-electron chi connectivity index (χ0n) is 21.1. The standard InChI is InChI=1S/C30H35N3OS/c1-21(22-12-16-27(17-13-22)33-18-5-6-19-33)31-29(35)32-26-9-7-8-24(20-26)28(34)23-10-14-25(15-11-23)30(2,3)4/h7-17,20-21H,5-6,18-19H2,1-4H3,(H2,31,32,35)/t21-/m1/s1. The number of hydrogen-bond acceptors (Lipinski definition) is 3. The minimum atomic E-state index is -0.000512. The highest BCUT2D eigenvalue weighted by atomic mass is 32.1. The first-order chi connectivity index (χ1) is 16.7. The van der Waals surface area contributed by atoms with Crippen molar-refractivity contribution in [2.24, 2.45) is 0 Å². The van der Waals surface area contributed by atoms with Crippen LogP contribution in [-0.2, 0) is 5.41 Å². The fourth-order valence-electron chi connectivity index (χ4n) is 4.42. The van der Waals surface area contributed by atoms with Crippen LogP contribution in [0.3, 0.4) is 0 Å². The second-order valence-electron chi connectivity index (χ2n) is 10.3. The highest BCUT2D eigenvalue weighted by molar-refractivity contribution is 7.80. The van der Waals surface area contributed by atoms with E-state index in [9.17, 15) is 4.79 Å². The molecule has 0 bridgehead atoms. The summed E-state index contributed by atoms with van der Waals surface area (Å²) in [5.74, 6) is -0.000512. The molecule has 0 aromatic heterocycles. The van der Waals surface area contributed by atoms with E-state index in [2.05, 4.69) is 67.5 Å². The van der Waals surface area contributed by atoms with E-state index < -0.39 is 0 Å². The van der Waals surface area contributed by atoms with Crippen LogP contribution in [0.15, 0.2) is 72.8 Å². The zero-order valence-corrected chi connectivity index (χ0v) is 21.9. The predicted molar refractivity (Wildman–Crippen MR) is 151 cm³/mol. The van der Waals surface area contributed by atoms with Gasteiger partial charge >= 0.3 is 0 Å². The molecule has 3 aromatic carbocycles. The van der Waals surface area contributed by atoms with Gasteiger partial charge in [0.15, 0.2) is 10.9 Å². The van der Waals surface area contributed by atoms with Crippen molar-refractivity contribution >= 4 is 34.5 Å². The van der Waals surface area contributed by atoms with Gasteiger partial charge < -0.3 is 15.5 Å². The number of carbonyl (C=O) groups excluding carboxylic acids is 1. The number of nitrogens with one attached hydrogen (secondary N) is 2. The van der Waals surface area contributed by atoms with Gasteiger partial charge in [-0.05, 0) is 72.8 Å². The number of hydrogen-bond donors (Lipinski definition) is 2. The van der Waals surface area contributed by atoms with E-state index in [4.69, 9.17) is 12.2 Å². The van der Waals surface area contributed by atoms with Crippen molar-refractivity contribution < 1.29 is 4.79 Å². The van der Waals surface area contributed by atoms with Gasteiger partial charge in [-0.1, -0.05) is 69.3 Å². The molecule has 4 nitrogen and oxygen atoms in total. The summed E-state index contributed by atoms with van der Waals surface area (Å²) in [6.45, 7) is 10.9. The van der Waals surface area contributed by atoms with Gasteiger partial charge in [0.2, 0.25) is 0 Å². The number of anilines is 2. The molecule has 182 valence electrons. The molecule has 1 fully saturated rings. The number of nitrogens with zero attached hydrogens (tertiary/aromatic N) is 1. The highest BCUT2D eigenvalue weighted by Gasteiger charge is 2.16. The van der Waals surface area contributed by atoms with Crippen molar-refractivity contribution in [1.29, 1.82) is 0 Å². The van der Waals surface area contributed by atoms with Crippen molar-refractivity contribution in [3.8, 4) is 0 Å². The lowest BCUT2D eigenvalue weighted by molar-refractivity contribution is 0.103. The first-order valence-corrected chi connectivity index (χ1v) is 12.8. The van der Waals surface area contributed by atoms with Crippen LogP contribution < -0.4 is 15.5 Å². The molecule has 5 heteroatoms. The van der Waals surface area contributed by atoms with E-state index >= 15 is 0 Å². The Morgan fingerprint density at radius 1 is 0.914 bits per heavy atom. The molecule has 0 unspecified atom stereocenters. The summed E-state index contributed by atoms with van der Waals surface area (Å²) in [5.41, 5.74) is 5.83. The second kappa shape index (κ2) is 10.6. The summed E-state index contributed by atoms with van der Waals surface area (Å²) >= 11 is 5.56. The van der Waals surface area contributed by atoms with Gasteiger partial charge in [0.05, 0.1) is 6.04 Å². The topological polar surface area (TPSA) is 44.4 Å². The highest BCUT2D eigenvalue weighted by Crippen LogP contribution is 2.24. The number of ketones is 1.